The summed E-state index contributed by atoms with van der Waals surface area (Å²) in [4.78, 5) is 1.39. The van der Waals surface area contributed by atoms with Crippen molar-refractivity contribution in [3.05, 3.63) is 41.0 Å². The van der Waals surface area contributed by atoms with Gasteiger partial charge in [0.2, 0.25) is 0 Å². The molecule has 0 fully saturated rings. The topological polar surface area (TPSA) is 0 Å². The summed E-state index contributed by atoms with van der Waals surface area (Å²) < 4.78 is 0. The Balaban J connectivity index is 1.97. The number of aryl methyl sites for hydroxylation is 1. The van der Waals surface area contributed by atoms with Gasteiger partial charge in [-0.25, -0.2) is 0 Å². The van der Waals surface area contributed by atoms with Crippen LogP contribution in [0.2, 0.25) is 0 Å². The molecule has 0 bridgehead atoms. The van der Waals surface area contributed by atoms with Gasteiger partial charge in [-0.05, 0) is 44.7 Å². The van der Waals surface area contributed by atoms with E-state index < -0.39 is 0 Å². The minimum absolute atomic E-state index is 0.804. The summed E-state index contributed by atoms with van der Waals surface area (Å²) in [7, 11) is 0. The maximum atomic E-state index is 2.36. The molecule has 0 aromatic heterocycles. The third kappa shape index (κ3) is 2.70. The van der Waals surface area contributed by atoms with E-state index in [1.165, 1.54) is 29.1 Å². The fourth-order valence-electron chi connectivity index (χ4n) is 2.25. The molecule has 1 atom stereocenters. The molecule has 0 amide bonds. The number of hydrogen-bond donors (Lipinski definition) is 0. The van der Waals surface area contributed by atoms with Crippen LogP contribution >= 0.6 is 11.8 Å². The Hall–Kier alpha value is -0.690. The van der Waals surface area contributed by atoms with Crippen LogP contribution in [0.25, 0.3) is 0 Å². The van der Waals surface area contributed by atoms with Crippen molar-refractivity contribution in [2.45, 2.75) is 38.5 Å². The van der Waals surface area contributed by atoms with Crippen LogP contribution in [0.5, 0.6) is 0 Å². The van der Waals surface area contributed by atoms with Crippen molar-refractivity contribution in [2.24, 2.45) is 5.92 Å². The van der Waals surface area contributed by atoms with E-state index in [-0.39, 0.29) is 0 Å². The van der Waals surface area contributed by atoms with Crippen LogP contribution in [-0.4, -0.2) is 5.75 Å². The van der Waals surface area contributed by atoms with Gasteiger partial charge in [-0.3, -0.25) is 0 Å². The van der Waals surface area contributed by atoms with Gasteiger partial charge in [0.15, 0.2) is 0 Å². The zero-order valence-electron chi connectivity index (χ0n) is 10.4. The molecule has 1 heteroatoms. The van der Waals surface area contributed by atoms with Gasteiger partial charge in [0, 0.05) is 10.6 Å². The van der Waals surface area contributed by atoms with E-state index in [0.717, 1.165) is 5.92 Å². The lowest BCUT2D eigenvalue weighted by Crippen LogP contribution is -1.96. The molecule has 1 aliphatic rings. The minimum atomic E-state index is 0.804. The summed E-state index contributed by atoms with van der Waals surface area (Å²) in [5.74, 6) is 1.98. The Morgan fingerprint density at radius 1 is 1.19 bits per heavy atom. The molecule has 1 aromatic carbocycles. The zero-order chi connectivity index (χ0) is 11.5. The van der Waals surface area contributed by atoms with Crippen molar-refractivity contribution < 1.29 is 0 Å². The number of allylic oxidation sites excluding steroid dienone is 1. The lowest BCUT2D eigenvalue weighted by Gasteiger charge is -2.10. The van der Waals surface area contributed by atoms with E-state index in [9.17, 15) is 0 Å². The largest absolute Gasteiger partial charge is 0.122 e. The lowest BCUT2D eigenvalue weighted by molar-refractivity contribution is 0.671. The monoisotopic (exact) mass is 232 g/mol. The normalized spacial score (nSPS) is 20.6. The van der Waals surface area contributed by atoms with Crippen LogP contribution < -0.4 is 0 Å². The summed E-state index contributed by atoms with van der Waals surface area (Å²) in [6.45, 7) is 6.80. The molecule has 0 radical (unpaired) electrons. The second kappa shape index (κ2) is 5.09. The van der Waals surface area contributed by atoms with Crippen molar-refractivity contribution >= 4 is 11.8 Å². The number of benzene rings is 1. The highest BCUT2D eigenvalue weighted by atomic mass is 32.2. The van der Waals surface area contributed by atoms with Crippen LogP contribution in [0.3, 0.4) is 0 Å². The Labute approximate surface area is 103 Å². The molecule has 0 nitrogen and oxygen atoms in total. The highest BCUT2D eigenvalue weighted by Crippen LogP contribution is 2.35. The van der Waals surface area contributed by atoms with E-state index in [4.69, 9.17) is 0 Å². The van der Waals surface area contributed by atoms with E-state index in [1.54, 1.807) is 11.1 Å². The quantitative estimate of drug-likeness (QED) is 0.531. The lowest BCUT2D eigenvalue weighted by atomic mass is 10.1. The minimum Gasteiger partial charge on any atom is -0.122 e. The number of rotatable bonds is 3. The van der Waals surface area contributed by atoms with Crippen LogP contribution in [0, 0.1) is 12.8 Å². The Kier molecular flexibility index (Phi) is 3.75. The first-order chi connectivity index (χ1) is 7.66. The van der Waals surface area contributed by atoms with Gasteiger partial charge in [-0.2, -0.15) is 0 Å². The molecule has 86 valence electrons. The van der Waals surface area contributed by atoms with Crippen LogP contribution in [0.4, 0.5) is 0 Å². The van der Waals surface area contributed by atoms with Crippen LogP contribution in [0.1, 0.15) is 32.3 Å². The average molecular weight is 232 g/mol. The van der Waals surface area contributed by atoms with E-state index >= 15 is 0 Å². The van der Waals surface area contributed by atoms with E-state index in [0.29, 0.717) is 0 Å². The van der Waals surface area contributed by atoms with Gasteiger partial charge < -0.3 is 0 Å². The molecule has 0 saturated heterocycles. The zero-order valence-corrected chi connectivity index (χ0v) is 11.2. The SMILES string of the molecule is CC1=C(CSc2ccc(C)cc2)C(C)CC1. The molecule has 16 heavy (non-hydrogen) atoms. The Morgan fingerprint density at radius 3 is 2.44 bits per heavy atom. The molecule has 0 aliphatic heterocycles. The maximum absolute atomic E-state index is 2.36. The first-order valence-electron chi connectivity index (χ1n) is 6.05. The molecule has 1 aliphatic carbocycles. The standard InChI is InChI=1S/C15H20S/c1-11-4-8-14(9-5-11)16-10-15-12(2)6-7-13(15)3/h4-5,8-9,12H,6-7,10H2,1-3H3. The van der Waals surface area contributed by atoms with Gasteiger partial charge in [-0.15, -0.1) is 11.8 Å². The molecule has 0 heterocycles. The maximum Gasteiger partial charge on any atom is 0.0196 e. The van der Waals surface area contributed by atoms with Crippen molar-refractivity contribution in [1.29, 1.82) is 0 Å². The Bertz CT molecular complexity index is 386. The van der Waals surface area contributed by atoms with Gasteiger partial charge in [0.05, 0.1) is 0 Å². The molecule has 1 unspecified atom stereocenters. The summed E-state index contributed by atoms with van der Waals surface area (Å²) in [5.41, 5.74) is 4.66. The molecule has 1 aromatic rings. The van der Waals surface area contributed by atoms with Crippen LogP contribution in [0.15, 0.2) is 40.3 Å². The summed E-state index contributed by atoms with van der Waals surface area (Å²) >= 11 is 1.98. The van der Waals surface area contributed by atoms with E-state index in [2.05, 4.69) is 45.0 Å². The van der Waals surface area contributed by atoms with Crippen molar-refractivity contribution in [3.8, 4) is 0 Å². The molecule has 0 saturated carbocycles. The fraction of sp³-hybridized carbons (Fsp3) is 0.467. The summed E-state index contributed by atoms with van der Waals surface area (Å²) in [6.07, 6.45) is 2.67. The van der Waals surface area contributed by atoms with Crippen LogP contribution in [-0.2, 0) is 0 Å². The fourth-order valence-corrected chi connectivity index (χ4v) is 3.43. The van der Waals surface area contributed by atoms with Gasteiger partial charge >= 0.3 is 0 Å². The summed E-state index contributed by atoms with van der Waals surface area (Å²) in [6, 6.07) is 8.86. The molecular weight excluding hydrogens is 212 g/mol. The predicted molar refractivity (Wildman–Crippen MR) is 73.0 cm³/mol. The highest BCUT2D eigenvalue weighted by molar-refractivity contribution is 7.99. The molecule has 0 spiro atoms. The Morgan fingerprint density at radius 2 is 1.88 bits per heavy atom. The number of hydrogen-bond acceptors (Lipinski definition) is 1. The second-order valence-corrected chi connectivity index (χ2v) is 5.90. The first kappa shape index (κ1) is 11.8. The van der Waals surface area contributed by atoms with Crippen molar-refractivity contribution in [1.82, 2.24) is 0 Å². The number of thioether (sulfide) groups is 1. The smallest absolute Gasteiger partial charge is 0.0196 e. The second-order valence-electron chi connectivity index (χ2n) is 4.85. The first-order valence-corrected chi connectivity index (χ1v) is 7.03. The van der Waals surface area contributed by atoms with Crippen molar-refractivity contribution in [2.75, 3.05) is 5.75 Å². The third-order valence-electron chi connectivity index (χ3n) is 3.51. The van der Waals surface area contributed by atoms with Gasteiger partial charge in [0.25, 0.3) is 0 Å². The van der Waals surface area contributed by atoms with Crippen molar-refractivity contribution in [3.63, 3.8) is 0 Å². The molecule has 2 rings (SSSR count). The molecule has 0 N–H and O–H groups in total. The predicted octanol–water partition coefficient (Wildman–Crippen LogP) is 4.83. The average Bonchev–Trinajstić information content (AvgIpc) is 2.59. The van der Waals surface area contributed by atoms with Gasteiger partial charge in [0.1, 0.15) is 0 Å². The van der Waals surface area contributed by atoms with E-state index in [1.807, 2.05) is 11.8 Å². The van der Waals surface area contributed by atoms with Gasteiger partial charge in [-0.1, -0.05) is 35.8 Å². The highest BCUT2D eigenvalue weighted by Gasteiger charge is 2.18. The third-order valence-corrected chi connectivity index (χ3v) is 4.57. The summed E-state index contributed by atoms with van der Waals surface area (Å²) in [5, 5.41) is 0. The molecular formula is C15H20S.